The summed E-state index contributed by atoms with van der Waals surface area (Å²) < 4.78 is 25.2. The van der Waals surface area contributed by atoms with E-state index in [2.05, 4.69) is 10.3 Å². The third-order valence-electron chi connectivity index (χ3n) is 5.61. The van der Waals surface area contributed by atoms with Gasteiger partial charge in [0.25, 0.3) is 0 Å². The van der Waals surface area contributed by atoms with E-state index in [9.17, 15) is 14.3 Å². The normalized spacial score (nSPS) is 12.0. The second-order valence-electron chi connectivity index (χ2n) is 7.81. The summed E-state index contributed by atoms with van der Waals surface area (Å²) >= 11 is 6.06. The summed E-state index contributed by atoms with van der Waals surface area (Å²) in [4.78, 5) is 15.1. The van der Waals surface area contributed by atoms with Crippen molar-refractivity contribution in [2.45, 2.75) is 25.6 Å². The van der Waals surface area contributed by atoms with Gasteiger partial charge in [-0.3, -0.25) is 4.79 Å². The Morgan fingerprint density at radius 1 is 1.15 bits per heavy atom. The van der Waals surface area contributed by atoms with E-state index in [1.807, 2.05) is 30.5 Å². The molecule has 0 spiro atoms. The van der Waals surface area contributed by atoms with Gasteiger partial charge in [-0.05, 0) is 41.5 Å². The Balaban J connectivity index is 1.43. The maximum absolute atomic E-state index is 14.0. The van der Waals surface area contributed by atoms with Crippen LogP contribution in [0.25, 0.3) is 10.9 Å². The Labute approximate surface area is 201 Å². The lowest BCUT2D eigenvalue weighted by Gasteiger charge is -2.16. The van der Waals surface area contributed by atoms with E-state index in [-0.39, 0.29) is 17.2 Å². The molecule has 4 aromatic rings. The minimum absolute atomic E-state index is 0.0504. The number of benzene rings is 3. The number of ether oxygens (including phenoxy) is 2. The SMILES string of the molecule is COc1cc(CN[C@H](Cc2c[nH]c3ccccc23)C(=O)O)ccc1OCc1c(F)cccc1Cl. The number of carboxylic acids is 1. The van der Waals surface area contributed by atoms with Crippen LogP contribution in [-0.4, -0.2) is 29.2 Å². The predicted octanol–water partition coefficient (Wildman–Crippen LogP) is 5.33. The molecule has 0 saturated carbocycles. The number of fused-ring (bicyclic) bond motifs is 1. The lowest BCUT2D eigenvalue weighted by Crippen LogP contribution is -2.38. The number of H-pyrrole nitrogens is 1. The fraction of sp³-hybridized carbons (Fsp3) is 0.192. The zero-order valence-corrected chi connectivity index (χ0v) is 19.2. The molecule has 0 radical (unpaired) electrons. The van der Waals surface area contributed by atoms with Crippen molar-refractivity contribution in [1.29, 1.82) is 0 Å². The summed E-state index contributed by atoms with van der Waals surface area (Å²) in [5, 5.41) is 14.1. The maximum Gasteiger partial charge on any atom is 0.321 e. The number of aromatic amines is 1. The number of rotatable bonds is 10. The van der Waals surface area contributed by atoms with Gasteiger partial charge in [0.2, 0.25) is 0 Å². The maximum atomic E-state index is 14.0. The third kappa shape index (κ3) is 5.32. The molecule has 6 nitrogen and oxygen atoms in total. The average molecular weight is 483 g/mol. The molecule has 0 aliphatic carbocycles. The van der Waals surface area contributed by atoms with Crippen molar-refractivity contribution in [2.24, 2.45) is 0 Å². The first-order valence-electron chi connectivity index (χ1n) is 10.7. The van der Waals surface area contributed by atoms with Crippen molar-refractivity contribution in [3.63, 3.8) is 0 Å². The van der Waals surface area contributed by atoms with Crippen molar-refractivity contribution in [3.05, 3.63) is 94.4 Å². The molecule has 0 aliphatic heterocycles. The minimum Gasteiger partial charge on any atom is -0.493 e. The van der Waals surface area contributed by atoms with Gasteiger partial charge in [-0.2, -0.15) is 0 Å². The van der Waals surface area contributed by atoms with Gasteiger partial charge in [-0.15, -0.1) is 0 Å². The van der Waals surface area contributed by atoms with Crippen molar-refractivity contribution < 1.29 is 23.8 Å². The van der Waals surface area contributed by atoms with Gasteiger partial charge in [0.1, 0.15) is 18.5 Å². The number of carbonyl (C=O) groups is 1. The van der Waals surface area contributed by atoms with Crippen LogP contribution in [0.15, 0.2) is 66.9 Å². The van der Waals surface area contributed by atoms with Crippen molar-refractivity contribution in [3.8, 4) is 11.5 Å². The van der Waals surface area contributed by atoms with E-state index in [0.717, 1.165) is 22.0 Å². The number of hydrogen-bond donors (Lipinski definition) is 3. The molecule has 1 aromatic heterocycles. The quantitative estimate of drug-likeness (QED) is 0.284. The number of methoxy groups -OCH3 is 1. The third-order valence-corrected chi connectivity index (χ3v) is 5.97. The van der Waals surface area contributed by atoms with Gasteiger partial charge in [-0.25, -0.2) is 4.39 Å². The van der Waals surface area contributed by atoms with Crippen LogP contribution >= 0.6 is 11.6 Å². The molecule has 34 heavy (non-hydrogen) atoms. The minimum atomic E-state index is -0.932. The van der Waals surface area contributed by atoms with Crippen LogP contribution in [0.3, 0.4) is 0 Å². The van der Waals surface area contributed by atoms with E-state index in [1.165, 1.54) is 19.2 Å². The zero-order valence-electron chi connectivity index (χ0n) is 18.5. The first-order valence-corrected chi connectivity index (χ1v) is 11.1. The van der Waals surface area contributed by atoms with Gasteiger partial charge >= 0.3 is 5.97 Å². The van der Waals surface area contributed by atoms with Crippen LogP contribution in [0.4, 0.5) is 4.39 Å². The van der Waals surface area contributed by atoms with E-state index in [4.69, 9.17) is 21.1 Å². The van der Waals surface area contributed by atoms with Gasteiger partial charge < -0.3 is 24.9 Å². The molecule has 8 heteroatoms. The molecular formula is C26H24ClFN2O4. The molecule has 176 valence electrons. The van der Waals surface area contributed by atoms with Gasteiger partial charge in [0.05, 0.1) is 12.1 Å². The summed E-state index contributed by atoms with van der Waals surface area (Å²) in [6, 6.07) is 16.7. The van der Waals surface area contributed by atoms with Crippen molar-refractivity contribution >= 4 is 28.5 Å². The highest BCUT2D eigenvalue weighted by molar-refractivity contribution is 6.31. The number of aromatic nitrogens is 1. The summed E-state index contributed by atoms with van der Waals surface area (Å²) in [5.41, 5.74) is 2.99. The molecule has 3 aromatic carbocycles. The second kappa shape index (κ2) is 10.6. The van der Waals surface area contributed by atoms with Crippen LogP contribution in [0.2, 0.25) is 5.02 Å². The first-order chi connectivity index (χ1) is 16.5. The predicted molar refractivity (Wildman–Crippen MR) is 129 cm³/mol. The summed E-state index contributed by atoms with van der Waals surface area (Å²) in [5.74, 6) is -0.490. The van der Waals surface area contributed by atoms with Crippen LogP contribution in [0, 0.1) is 5.82 Å². The Kier molecular flexibility index (Phi) is 7.35. The fourth-order valence-corrected chi connectivity index (χ4v) is 3.99. The molecule has 4 rings (SSSR count). The van der Waals surface area contributed by atoms with E-state index >= 15 is 0 Å². The van der Waals surface area contributed by atoms with E-state index < -0.39 is 17.8 Å². The Hall–Kier alpha value is -3.55. The van der Waals surface area contributed by atoms with Crippen molar-refractivity contribution in [2.75, 3.05) is 7.11 Å². The topological polar surface area (TPSA) is 83.6 Å². The highest BCUT2D eigenvalue weighted by Gasteiger charge is 2.19. The molecule has 0 unspecified atom stereocenters. The number of hydrogen-bond acceptors (Lipinski definition) is 4. The first kappa shape index (κ1) is 23.6. The Morgan fingerprint density at radius 2 is 1.97 bits per heavy atom. The molecule has 1 heterocycles. The molecule has 0 bridgehead atoms. The highest BCUT2D eigenvalue weighted by atomic mass is 35.5. The summed E-state index contributed by atoms with van der Waals surface area (Å²) in [6.45, 7) is 0.264. The largest absolute Gasteiger partial charge is 0.493 e. The summed E-state index contributed by atoms with van der Waals surface area (Å²) in [7, 11) is 1.51. The standard InChI is InChI=1S/C26H24ClFN2O4/c1-33-25-11-16(9-10-24(25)34-15-19-20(27)6-4-7-21(19)28)13-29-23(26(31)32)12-17-14-30-22-8-3-2-5-18(17)22/h2-11,14,23,29-30H,12-13,15H2,1H3,(H,31,32)/t23-/m1/s1. The Morgan fingerprint density at radius 3 is 2.74 bits per heavy atom. The van der Waals surface area contributed by atoms with Gasteiger partial charge in [-0.1, -0.05) is 41.9 Å². The van der Waals surface area contributed by atoms with Gasteiger partial charge in [0, 0.05) is 35.6 Å². The molecular weight excluding hydrogens is 459 g/mol. The molecule has 0 aliphatic rings. The lowest BCUT2D eigenvalue weighted by molar-refractivity contribution is -0.139. The molecule has 0 fully saturated rings. The molecule has 3 N–H and O–H groups in total. The van der Waals surface area contributed by atoms with E-state index in [0.29, 0.717) is 24.5 Å². The van der Waals surface area contributed by atoms with Crippen LogP contribution in [0.1, 0.15) is 16.7 Å². The monoisotopic (exact) mass is 482 g/mol. The average Bonchev–Trinajstić information content (AvgIpc) is 3.24. The van der Waals surface area contributed by atoms with E-state index in [1.54, 1.807) is 24.3 Å². The molecule has 0 saturated heterocycles. The number of aliphatic carboxylic acids is 1. The smallest absolute Gasteiger partial charge is 0.321 e. The number of para-hydroxylation sites is 1. The fourth-order valence-electron chi connectivity index (χ4n) is 3.77. The Bertz CT molecular complexity index is 1290. The molecule has 1 atom stereocenters. The van der Waals surface area contributed by atoms with Crippen LogP contribution in [-0.2, 0) is 24.4 Å². The second-order valence-corrected chi connectivity index (χ2v) is 8.22. The highest BCUT2D eigenvalue weighted by Crippen LogP contribution is 2.30. The number of nitrogens with one attached hydrogen (secondary N) is 2. The number of halogens is 2. The van der Waals surface area contributed by atoms with Crippen molar-refractivity contribution in [1.82, 2.24) is 10.3 Å². The van der Waals surface area contributed by atoms with Crippen LogP contribution in [0.5, 0.6) is 11.5 Å². The van der Waals surface area contributed by atoms with Gasteiger partial charge in [0.15, 0.2) is 11.5 Å². The zero-order chi connectivity index (χ0) is 24.1. The number of carboxylic acid groups (broad SMARTS) is 1. The molecule has 0 amide bonds. The van der Waals surface area contributed by atoms with Crippen LogP contribution < -0.4 is 14.8 Å². The summed E-state index contributed by atoms with van der Waals surface area (Å²) in [6.07, 6.45) is 2.18. The lowest BCUT2D eigenvalue weighted by atomic mass is 10.0.